The minimum Gasteiger partial charge on any atom is -0.396 e. The summed E-state index contributed by atoms with van der Waals surface area (Å²) in [6, 6.07) is 0.153. The van der Waals surface area contributed by atoms with Gasteiger partial charge in [0.1, 0.15) is 0 Å². The quantitative estimate of drug-likeness (QED) is 0.722. The van der Waals surface area contributed by atoms with Crippen LogP contribution in [0.4, 0.5) is 0 Å². The van der Waals surface area contributed by atoms with Crippen LogP contribution < -0.4 is 11.1 Å². The van der Waals surface area contributed by atoms with E-state index in [9.17, 15) is 9.90 Å². The van der Waals surface area contributed by atoms with Gasteiger partial charge in [0.25, 0.3) is 0 Å². The standard InChI is InChI=1S/C15H28N2O2/c1-11-5-7-15(10-16,8-6-11)14(19)17-13-4-2-3-12(13)9-18/h11-13,18H,2-10,16H2,1H3,(H,17,19). The minimum atomic E-state index is -0.352. The largest absolute Gasteiger partial charge is 0.396 e. The van der Waals surface area contributed by atoms with E-state index < -0.39 is 0 Å². The summed E-state index contributed by atoms with van der Waals surface area (Å²) >= 11 is 0. The van der Waals surface area contributed by atoms with Crippen molar-refractivity contribution in [3.63, 3.8) is 0 Å². The lowest BCUT2D eigenvalue weighted by molar-refractivity contribution is -0.134. The van der Waals surface area contributed by atoms with Crippen LogP contribution in [0.3, 0.4) is 0 Å². The van der Waals surface area contributed by atoms with Crippen molar-refractivity contribution >= 4 is 5.91 Å². The third-order valence-electron chi connectivity index (χ3n) is 5.31. The fourth-order valence-electron chi connectivity index (χ4n) is 3.61. The zero-order chi connectivity index (χ0) is 13.9. The molecule has 2 saturated carbocycles. The lowest BCUT2D eigenvalue weighted by Crippen LogP contribution is -2.51. The molecule has 110 valence electrons. The van der Waals surface area contributed by atoms with Gasteiger partial charge in [0, 0.05) is 25.1 Å². The molecule has 19 heavy (non-hydrogen) atoms. The summed E-state index contributed by atoms with van der Waals surface area (Å²) in [4.78, 5) is 12.6. The number of hydrogen-bond acceptors (Lipinski definition) is 3. The van der Waals surface area contributed by atoms with Crippen molar-refractivity contribution < 1.29 is 9.90 Å². The van der Waals surface area contributed by atoms with Gasteiger partial charge in [-0.1, -0.05) is 13.3 Å². The van der Waals surface area contributed by atoms with Gasteiger partial charge in [0.15, 0.2) is 0 Å². The van der Waals surface area contributed by atoms with Gasteiger partial charge >= 0.3 is 0 Å². The van der Waals surface area contributed by atoms with Gasteiger partial charge in [-0.2, -0.15) is 0 Å². The Morgan fingerprint density at radius 2 is 2.00 bits per heavy atom. The fraction of sp³-hybridized carbons (Fsp3) is 0.933. The van der Waals surface area contributed by atoms with Crippen molar-refractivity contribution in [2.75, 3.05) is 13.2 Å². The smallest absolute Gasteiger partial charge is 0.227 e. The van der Waals surface area contributed by atoms with Gasteiger partial charge in [-0.05, 0) is 44.4 Å². The highest BCUT2D eigenvalue weighted by atomic mass is 16.3. The van der Waals surface area contributed by atoms with E-state index >= 15 is 0 Å². The number of aliphatic hydroxyl groups is 1. The van der Waals surface area contributed by atoms with Crippen LogP contribution >= 0.6 is 0 Å². The molecule has 0 aromatic heterocycles. The molecule has 4 heteroatoms. The molecule has 0 heterocycles. The zero-order valence-electron chi connectivity index (χ0n) is 12.0. The monoisotopic (exact) mass is 268 g/mol. The zero-order valence-corrected chi connectivity index (χ0v) is 12.0. The first-order chi connectivity index (χ1) is 9.11. The van der Waals surface area contributed by atoms with Crippen molar-refractivity contribution in [1.82, 2.24) is 5.32 Å². The van der Waals surface area contributed by atoms with Crippen molar-refractivity contribution in [2.24, 2.45) is 23.0 Å². The molecule has 0 spiro atoms. The van der Waals surface area contributed by atoms with E-state index in [1.165, 1.54) is 0 Å². The lowest BCUT2D eigenvalue weighted by Gasteiger charge is -2.38. The molecule has 2 aliphatic rings. The van der Waals surface area contributed by atoms with Gasteiger partial charge in [0.05, 0.1) is 5.41 Å². The van der Waals surface area contributed by atoms with Crippen molar-refractivity contribution in [3.05, 3.63) is 0 Å². The number of aliphatic hydroxyl groups excluding tert-OH is 1. The Kier molecular flexibility index (Phi) is 4.85. The average molecular weight is 268 g/mol. The molecule has 0 bridgehead atoms. The van der Waals surface area contributed by atoms with Gasteiger partial charge in [-0.15, -0.1) is 0 Å². The minimum absolute atomic E-state index is 0.132. The van der Waals surface area contributed by atoms with E-state index in [2.05, 4.69) is 12.2 Å². The van der Waals surface area contributed by atoms with Crippen LogP contribution in [0.25, 0.3) is 0 Å². The van der Waals surface area contributed by atoms with Gasteiger partial charge in [-0.25, -0.2) is 0 Å². The van der Waals surface area contributed by atoms with Crippen LogP contribution in [0.1, 0.15) is 51.9 Å². The summed E-state index contributed by atoms with van der Waals surface area (Å²) < 4.78 is 0. The van der Waals surface area contributed by atoms with Crippen molar-refractivity contribution in [2.45, 2.75) is 57.9 Å². The Hall–Kier alpha value is -0.610. The molecule has 2 aliphatic carbocycles. The Labute approximate surface area is 116 Å². The molecule has 0 aromatic carbocycles. The van der Waals surface area contributed by atoms with Crippen molar-refractivity contribution in [1.29, 1.82) is 0 Å². The van der Waals surface area contributed by atoms with Crippen LogP contribution in [0.5, 0.6) is 0 Å². The first-order valence-corrected chi connectivity index (χ1v) is 7.73. The number of rotatable bonds is 4. The molecular formula is C15H28N2O2. The molecule has 2 fully saturated rings. The van der Waals surface area contributed by atoms with Crippen LogP contribution in [0.2, 0.25) is 0 Å². The molecule has 1 amide bonds. The highest BCUT2D eigenvalue weighted by Gasteiger charge is 2.41. The first kappa shape index (κ1) is 14.8. The summed E-state index contributed by atoms with van der Waals surface area (Å²) in [5, 5.41) is 12.5. The number of nitrogens with two attached hydrogens (primary N) is 1. The second-order valence-corrected chi connectivity index (χ2v) is 6.62. The molecule has 4 nitrogen and oxygen atoms in total. The lowest BCUT2D eigenvalue weighted by atomic mass is 9.70. The second-order valence-electron chi connectivity index (χ2n) is 6.62. The second kappa shape index (κ2) is 6.23. The molecule has 2 unspecified atom stereocenters. The number of hydrogen-bond donors (Lipinski definition) is 3. The highest BCUT2D eigenvalue weighted by Crippen LogP contribution is 2.39. The van der Waals surface area contributed by atoms with Gasteiger partial charge in [-0.3, -0.25) is 4.79 Å². The summed E-state index contributed by atoms with van der Waals surface area (Å²) in [5.41, 5.74) is 5.56. The maximum atomic E-state index is 12.6. The van der Waals surface area contributed by atoms with Gasteiger partial charge in [0.2, 0.25) is 5.91 Å². The Morgan fingerprint density at radius 1 is 1.32 bits per heavy atom. The molecule has 4 N–H and O–H groups in total. The SMILES string of the molecule is CC1CCC(CN)(C(=O)NC2CCCC2CO)CC1. The van der Waals surface area contributed by atoms with Crippen LogP contribution in [-0.4, -0.2) is 30.2 Å². The average Bonchev–Trinajstić information content (AvgIpc) is 2.87. The summed E-state index contributed by atoms with van der Waals surface area (Å²) in [5.74, 6) is 1.08. The number of nitrogens with one attached hydrogen (secondary N) is 1. The first-order valence-electron chi connectivity index (χ1n) is 7.73. The van der Waals surface area contributed by atoms with Crippen LogP contribution in [-0.2, 0) is 4.79 Å². The maximum Gasteiger partial charge on any atom is 0.227 e. The molecular weight excluding hydrogens is 240 g/mol. The predicted molar refractivity (Wildman–Crippen MR) is 75.5 cm³/mol. The molecule has 0 aliphatic heterocycles. The van der Waals surface area contributed by atoms with E-state index in [0.717, 1.165) is 44.9 Å². The Bertz CT molecular complexity index is 311. The van der Waals surface area contributed by atoms with E-state index in [4.69, 9.17) is 5.73 Å². The van der Waals surface area contributed by atoms with E-state index in [1.807, 2.05) is 0 Å². The van der Waals surface area contributed by atoms with Crippen molar-refractivity contribution in [3.8, 4) is 0 Å². The van der Waals surface area contributed by atoms with E-state index in [-0.39, 0.29) is 29.9 Å². The third kappa shape index (κ3) is 3.11. The van der Waals surface area contributed by atoms with E-state index in [1.54, 1.807) is 0 Å². The molecule has 0 saturated heterocycles. The highest BCUT2D eigenvalue weighted by molar-refractivity contribution is 5.83. The normalized spacial score (nSPS) is 39.2. The Balaban J connectivity index is 1.97. The topological polar surface area (TPSA) is 75.4 Å². The molecule has 2 rings (SSSR count). The van der Waals surface area contributed by atoms with E-state index in [0.29, 0.717) is 12.5 Å². The predicted octanol–water partition coefficient (Wildman–Crippen LogP) is 1.42. The number of carbonyl (C=O) groups is 1. The number of carbonyl (C=O) groups excluding carboxylic acids is 1. The maximum absolute atomic E-state index is 12.6. The molecule has 0 radical (unpaired) electrons. The number of amides is 1. The molecule has 0 aromatic rings. The summed E-state index contributed by atoms with van der Waals surface area (Å²) in [6.07, 6.45) is 7.13. The summed E-state index contributed by atoms with van der Waals surface area (Å²) in [7, 11) is 0. The van der Waals surface area contributed by atoms with Crippen LogP contribution in [0.15, 0.2) is 0 Å². The Morgan fingerprint density at radius 3 is 2.58 bits per heavy atom. The van der Waals surface area contributed by atoms with Gasteiger partial charge < -0.3 is 16.2 Å². The molecule has 2 atom stereocenters. The summed E-state index contributed by atoms with van der Waals surface area (Å²) in [6.45, 7) is 2.87. The van der Waals surface area contributed by atoms with Crippen LogP contribution in [0, 0.1) is 17.3 Å². The fourth-order valence-corrected chi connectivity index (χ4v) is 3.61. The third-order valence-corrected chi connectivity index (χ3v) is 5.31.